The molecule has 1 aromatic heterocycles. The Morgan fingerprint density at radius 2 is 2.04 bits per heavy atom. The molecule has 0 bridgehead atoms. The molecule has 2 fully saturated rings. The van der Waals surface area contributed by atoms with Gasteiger partial charge in [0.15, 0.2) is 0 Å². The van der Waals surface area contributed by atoms with Crippen LogP contribution in [-0.4, -0.2) is 58.0 Å². The van der Waals surface area contributed by atoms with Gasteiger partial charge in [-0.1, -0.05) is 13.3 Å². The maximum absolute atomic E-state index is 12.6. The number of amides is 1. The first kappa shape index (κ1) is 17.5. The van der Waals surface area contributed by atoms with Gasteiger partial charge in [-0.05, 0) is 45.2 Å². The Morgan fingerprint density at radius 1 is 1.21 bits per heavy atom. The number of imidazole rings is 1. The zero-order valence-corrected chi connectivity index (χ0v) is 15.1. The highest BCUT2D eigenvalue weighted by Crippen LogP contribution is 2.26. The molecular weight excluding hydrogens is 300 g/mol. The van der Waals surface area contributed by atoms with Crippen LogP contribution >= 0.6 is 0 Å². The van der Waals surface area contributed by atoms with Gasteiger partial charge in [0, 0.05) is 50.9 Å². The molecule has 2 aliphatic heterocycles. The van der Waals surface area contributed by atoms with Gasteiger partial charge in [-0.25, -0.2) is 4.98 Å². The van der Waals surface area contributed by atoms with Crippen molar-refractivity contribution in [3.05, 3.63) is 18.2 Å². The van der Waals surface area contributed by atoms with Crippen molar-refractivity contribution in [2.24, 2.45) is 0 Å². The van der Waals surface area contributed by atoms with Crippen molar-refractivity contribution < 1.29 is 4.79 Å². The predicted octanol–water partition coefficient (Wildman–Crippen LogP) is 2.88. The minimum absolute atomic E-state index is 0.332. The van der Waals surface area contributed by atoms with Crippen molar-refractivity contribution in [3.8, 4) is 0 Å². The number of likely N-dealkylation sites (tertiary alicyclic amines) is 2. The van der Waals surface area contributed by atoms with Gasteiger partial charge < -0.3 is 14.4 Å². The Balaban J connectivity index is 1.53. The first-order valence-electron chi connectivity index (χ1n) is 9.79. The van der Waals surface area contributed by atoms with Gasteiger partial charge in [0.05, 0.1) is 0 Å². The standard InChI is InChI=1S/C19H32N4O/c1-2-3-12-22-15-9-20-19(22)17-7-6-13-23(16-17)18(24)8-14-21-10-4-5-11-21/h9,15,17H,2-8,10-14,16H2,1H3/t17-/m1/s1. The average molecular weight is 332 g/mol. The second-order valence-corrected chi connectivity index (χ2v) is 7.31. The number of carbonyl (C=O) groups excluding carboxylic acids is 1. The lowest BCUT2D eigenvalue weighted by Crippen LogP contribution is -2.41. The summed E-state index contributed by atoms with van der Waals surface area (Å²) in [6.45, 7) is 8.32. The normalized spacial score (nSPS) is 22.2. The Hall–Kier alpha value is -1.36. The van der Waals surface area contributed by atoms with E-state index in [9.17, 15) is 4.79 Å². The maximum atomic E-state index is 12.6. The monoisotopic (exact) mass is 332 g/mol. The minimum Gasteiger partial charge on any atom is -0.342 e. The van der Waals surface area contributed by atoms with Crippen LogP contribution in [0.2, 0.25) is 0 Å². The Morgan fingerprint density at radius 3 is 2.83 bits per heavy atom. The first-order chi connectivity index (χ1) is 11.8. The molecular formula is C19H32N4O. The second-order valence-electron chi connectivity index (χ2n) is 7.31. The zero-order valence-electron chi connectivity index (χ0n) is 15.1. The lowest BCUT2D eigenvalue weighted by Gasteiger charge is -2.33. The molecule has 134 valence electrons. The molecule has 1 amide bonds. The van der Waals surface area contributed by atoms with Crippen molar-refractivity contribution >= 4 is 5.91 Å². The highest BCUT2D eigenvalue weighted by Gasteiger charge is 2.27. The fourth-order valence-electron chi connectivity index (χ4n) is 4.03. The van der Waals surface area contributed by atoms with Gasteiger partial charge in [0.1, 0.15) is 5.82 Å². The third-order valence-electron chi connectivity index (χ3n) is 5.48. The SMILES string of the molecule is CCCCn1ccnc1[C@@H]1CCCN(C(=O)CCN2CCCC2)C1. The zero-order chi connectivity index (χ0) is 16.8. The summed E-state index contributed by atoms with van der Waals surface area (Å²) < 4.78 is 2.30. The van der Waals surface area contributed by atoms with Gasteiger partial charge in [-0.3, -0.25) is 4.79 Å². The minimum atomic E-state index is 0.332. The summed E-state index contributed by atoms with van der Waals surface area (Å²) in [4.78, 5) is 21.7. The predicted molar refractivity (Wildman–Crippen MR) is 96.0 cm³/mol. The summed E-state index contributed by atoms with van der Waals surface area (Å²) in [5.74, 6) is 1.92. The van der Waals surface area contributed by atoms with E-state index >= 15 is 0 Å². The number of aromatic nitrogens is 2. The highest BCUT2D eigenvalue weighted by atomic mass is 16.2. The highest BCUT2D eigenvalue weighted by molar-refractivity contribution is 5.76. The number of unbranched alkanes of at least 4 members (excludes halogenated alkanes) is 1. The van der Waals surface area contributed by atoms with Crippen LogP contribution in [-0.2, 0) is 11.3 Å². The number of hydrogen-bond acceptors (Lipinski definition) is 3. The van der Waals surface area contributed by atoms with Gasteiger partial charge in [0.25, 0.3) is 0 Å². The Kier molecular flexibility index (Phi) is 6.30. The molecule has 3 rings (SSSR count). The molecule has 2 saturated heterocycles. The van der Waals surface area contributed by atoms with E-state index in [2.05, 4.69) is 32.5 Å². The molecule has 1 aromatic rings. The largest absolute Gasteiger partial charge is 0.342 e. The van der Waals surface area contributed by atoms with E-state index < -0.39 is 0 Å². The third kappa shape index (κ3) is 4.38. The van der Waals surface area contributed by atoms with Crippen molar-refractivity contribution in [3.63, 3.8) is 0 Å². The number of carbonyl (C=O) groups is 1. The molecule has 5 nitrogen and oxygen atoms in total. The molecule has 3 heterocycles. The molecule has 0 saturated carbocycles. The van der Waals surface area contributed by atoms with Crippen molar-refractivity contribution in [2.45, 2.75) is 64.3 Å². The summed E-state index contributed by atoms with van der Waals surface area (Å²) in [7, 11) is 0. The second kappa shape index (κ2) is 8.65. The van der Waals surface area contributed by atoms with Crippen LogP contribution in [0.25, 0.3) is 0 Å². The fourth-order valence-corrected chi connectivity index (χ4v) is 4.03. The number of aryl methyl sites for hydroxylation is 1. The van der Waals surface area contributed by atoms with E-state index in [4.69, 9.17) is 0 Å². The van der Waals surface area contributed by atoms with E-state index in [1.807, 2.05) is 6.20 Å². The Bertz CT molecular complexity index is 521. The third-order valence-corrected chi connectivity index (χ3v) is 5.48. The van der Waals surface area contributed by atoms with Crippen LogP contribution in [0.4, 0.5) is 0 Å². The van der Waals surface area contributed by atoms with Crippen molar-refractivity contribution in [2.75, 3.05) is 32.7 Å². The van der Waals surface area contributed by atoms with Crippen molar-refractivity contribution in [1.82, 2.24) is 19.4 Å². The van der Waals surface area contributed by atoms with Crippen molar-refractivity contribution in [1.29, 1.82) is 0 Å². The molecule has 5 heteroatoms. The van der Waals surface area contributed by atoms with Crippen LogP contribution in [0.15, 0.2) is 12.4 Å². The van der Waals surface area contributed by atoms with Gasteiger partial charge in [0.2, 0.25) is 5.91 Å². The molecule has 2 aliphatic rings. The summed E-state index contributed by atoms with van der Waals surface area (Å²) in [6, 6.07) is 0. The molecule has 24 heavy (non-hydrogen) atoms. The number of nitrogens with zero attached hydrogens (tertiary/aromatic N) is 4. The molecule has 0 N–H and O–H groups in total. The topological polar surface area (TPSA) is 41.4 Å². The van der Waals surface area contributed by atoms with E-state index in [-0.39, 0.29) is 0 Å². The van der Waals surface area contributed by atoms with Crippen LogP contribution in [0, 0.1) is 0 Å². The van der Waals surface area contributed by atoms with Crippen LogP contribution in [0.3, 0.4) is 0 Å². The molecule has 0 aromatic carbocycles. The van der Waals surface area contributed by atoms with Crippen LogP contribution in [0.5, 0.6) is 0 Å². The lowest BCUT2D eigenvalue weighted by molar-refractivity contribution is -0.132. The molecule has 1 atom stereocenters. The summed E-state index contributed by atoms with van der Waals surface area (Å²) in [5, 5.41) is 0. The molecule has 0 aliphatic carbocycles. The molecule has 0 spiro atoms. The maximum Gasteiger partial charge on any atom is 0.223 e. The van der Waals surface area contributed by atoms with Crippen LogP contribution < -0.4 is 0 Å². The van der Waals surface area contributed by atoms with Gasteiger partial charge in [-0.15, -0.1) is 0 Å². The number of piperidine rings is 1. The summed E-state index contributed by atoms with van der Waals surface area (Å²) in [6.07, 6.45) is 11.9. The van der Waals surface area contributed by atoms with Gasteiger partial charge >= 0.3 is 0 Å². The fraction of sp³-hybridized carbons (Fsp3) is 0.789. The molecule has 0 radical (unpaired) electrons. The summed E-state index contributed by atoms with van der Waals surface area (Å²) >= 11 is 0. The van der Waals surface area contributed by atoms with E-state index in [0.29, 0.717) is 18.2 Å². The quantitative estimate of drug-likeness (QED) is 0.771. The first-order valence-corrected chi connectivity index (χ1v) is 9.79. The lowest BCUT2D eigenvalue weighted by atomic mass is 9.96. The van der Waals surface area contributed by atoms with Gasteiger partial charge in [-0.2, -0.15) is 0 Å². The van der Waals surface area contributed by atoms with E-state index in [0.717, 1.165) is 39.0 Å². The number of rotatable bonds is 7. The van der Waals surface area contributed by atoms with E-state index in [1.165, 1.54) is 44.6 Å². The number of hydrogen-bond donors (Lipinski definition) is 0. The Labute approximate surface area is 146 Å². The van der Waals surface area contributed by atoms with E-state index in [1.54, 1.807) is 0 Å². The molecule has 0 unspecified atom stereocenters. The average Bonchev–Trinajstić information content (AvgIpc) is 3.29. The summed E-state index contributed by atoms with van der Waals surface area (Å²) in [5.41, 5.74) is 0. The van der Waals surface area contributed by atoms with Crippen LogP contribution in [0.1, 0.15) is 63.6 Å². The smallest absolute Gasteiger partial charge is 0.223 e.